The Morgan fingerprint density at radius 2 is 1.65 bits per heavy atom. The number of benzene rings is 2. The van der Waals surface area contributed by atoms with Crippen LogP contribution in [0.1, 0.15) is 10.8 Å². The highest BCUT2D eigenvalue weighted by molar-refractivity contribution is 8.00. The maximum absolute atomic E-state index is 11.4. The standard InChI is InChI=1S/C14H9Cl3O2S/c15-9-2-4-10(5-3-9)20-13(14(18)19)8-1-6-11(16)12(17)7-8/h1-7,13H,(H,18,19)/t13-/m0/s1. The number of aliphatic carboxylic acids is 1. The van der Waals surface area contributed by atoms with Crippen LogP contribution in [0, 0.1) is 0 Å². The zero-order valence-electron chi connectivity index (χ0n) is 10.0. The minimum absolute atomic E-state index is 0.340. The number of carboxylic acid groups (broad SMARTS) is 1. The van der Waals surface area contributed by atoms with Gasteiger partial charge in [-0.15, -0.1) is 11.8 Å². The average molecular weight is 348 g/mol. The molecule has 0 fully saturated rings. The van der Waals surface area contributed by atoms with Gasteiger partial charge in [-0.05, 0) is 42.0 Å². The van der Waals surface area contributed by atoms with Crippen LogP contribution in [0.2, 0.25) is 15.1 Å². The predicted octanol–water partition coefficient (Wildman–Crippen LogP) is 5.56. The summed E-state index contributed by atoms with van der Waals surface area (Å²) in [5, 5.41) is 9.97. The van der Waals surface area contributed by atoms with Gasteiger partial charge in [-0.25, -0.2) is 0 Å². The molecule has 1 atom stereocenters. The molecule has 6 heteroatoms. The summed E-state index contributed by atoms with van der Waals surface area (Å²) in [5.41, 5.74) is 0.590. The third-order valence-electron chi connectivity index (χ3n) is 2.54. The third kappa shape index (κ3) is 3.83. The fourth-order valence-corrected chi connectivity index (χ4v) is 2.97. The molecule has 0 radical (unpaired) electrons. The first-order chi connectivity index (χ1) is 9.47. The van der Waals surface area contributed by atoms with Gasteiger partial charge in [-0.2, -0.15) is 0 Å². The van der Waals surface area contributed by atoms with Gasteiger partial charge in [0.25, 0.3) is 0 Å². The molecule has 0 aliphatic heterocycles. The van der Waals surface area contributed by atoms with Crippen molar-refractivity contribution < 1.29 is 9.90 Å². The van der Waals surface area contributed by atoms with E-state index in [9.17, 15) is 9.90 Å². The van der Waals surface area contributed by atoms with E-state index < -0.39 is 11.2 Å². The summed E-state index contributed by atoms with van der Waals surface area (Å²) in [6.07, 6.45) is 0. The van der Waals surface area contributed by atoms with Crippen molar-refractivity contribution in [2.24, 2.45) is 0 Å². The SMILES string of the molecule is O=C(O)[C@@H](Sc1ccc(Cl)cc1)c1ccc(Cl)c(Cl)c1. The molecule has 0 heterocycles. The highest BCUT2D eigenvalue weighted by Gasteiger charge is 2.22. The fraction of sp³-hybridized carbons (Fsp3) is 0.0714. The first-order valence-electron chi connectivity index (χ1n) is 5.57. The van der Waals surface area contributed by atoms with Crippen molar-refractivity contribution in [3.63, 3.8) is 0 Å². The molecule has 0 aliphatic carbocycles. The smallest absolute Gasteiger partial charge is 0.321 e. The molecule has 0 aliphatic rings. The molecule has 20 heavy (non-hydrogen) atoms. The van der Waals surface area contributed by atoms with Crippen LogP contribution in [0.3, 0.4) is 0 Å². The van der Waals surface area contributed by atoms with Crippen molar-refractivity contribution in [3.8, 4) is 0 Å². The highest BCUT2D eigenvalue weighted by Crippen LogP contribution is 2.37. The molecule has 2 aromatic rings. The molecule has 2 aromatic carbocycles. The van der Waals surface area contributed by atoms with E-state index in [4.69, 9.17) is 34.8 Å². The fourth-order valence-electron chi connectivity index (χ4n) is 1.59. The molecular weight excluding hydrogens is 339 g/mol. The number of thioether (sulfide) groups is 1. The molecule has 2 rings (SSSR count). The number of carboxylic acids is 1. The number of hydrogen-bond donors (Lipinski definition) is 1. The first-order valence-corrected chi connectivity index (χ1v) is 7.58. The lowest BCUT2D eigenvalue weighted by Crippen LogP contribution is -2.07. The van der Waals surface area contributed by atoms with Crippen molar-refractivity contribution in [1.82, 2.24) is 0 Å². The molecule has 0 unspecified atom stereocenters. The Hall–Kier alpha value is -0.870. The van der Waals surface area contributed by atoms with Crippen molar-refractivity contribution >= 4 is 52.5 Å². The van der Waals surface area contributed by atoms with Gasteiger partial charge >= 0.3 is 5.97 Å². The lowest BCUT2D eigenvalue weighted by molar-refractivity contribution is -0.136. The van der Waals surface area contributed by atoms with Crippen LogP contribution < -0.4 is 0 Å². The van der Waals surface area contributed by atoms with E-state index in [0.717, 1.165) is 4.90 Å². The summed E-state index contributed by atoms with van der Waals surface area (Å²) < 4.78 is 0. The van der Waals surface area contributed by atoms with Gasteiger partial charge < -0.3 is 5.11 Å². The van der Waals surface area contributed by atoms with Crippen LogP contribution in [-0.4, -0.2) is 11.1 Å². The van der Waals surface area contributed by atoms with Crippen molar-refractivity contribution in [3.05, 3.63) is 63.1 Å². The maximum atomic E-state index is 11.4. The topological polar surface area (TPSA) is 37.3 Å². The molecule has 1 N–H and O–H groups in total. The first kappa shape index (κ1) is 15.5. The Kier molecular flexibility index (Phi) is 5.22. The van der Waals surface area contributed by atoms with E-state index in [0.29, 0.717) is 20.6 Å². The minimum atomic E-state index is -0.941. The van der Waals surface area contributed by atoms with Crippen LogP contribution in [0.4, 0.5) is 0 Å². The molecule has 0 amide bonds. The van der Waals surface area contributed by atoms with Gasteiger partial charge in [-0.3, -0.25) is 4.79 Å². The van der Waals surface area contributed by atoms with Crippen LogP contribution in [0.25, 0.3) is 0 Å². The third-order valence-corrected chi connectivity index (χ3v) is 4.78. The lowest BCUT2D eigenvalue weighted by Gasteiger charge is -2.13. The summed E-state index contributed by atoms with van der Waals surface area (Å²) in [5.74, 6) is -0.941. The summed E-state index contributed by atoms with van der Waals surface area (Å²) in [7, 11) is 0. The number of hydrogen-bond acceptors (Lipinski definition) is 2. The Morgan fingerprint density at radius 1 is 1.00 bits per heavy atom. The average Bonchev–Trinajstić information content (AvgIpc) is 2.41. The largest absolute Gasteiger partial charge is 0.480 e. The van der Waals surface area contributed by atoms with E-state index in [1.807, 2.05) is 0 Å². The van der Waals surface area contributed by atoms with Crippen molar-refractivity contribution in [2.45, 2.75) is 10.1 Å². The van der Waals surface area contributed by atoms with E-state index in [1.54, 1.807) is 42.5 Å². The molecular formula is C14H9Cl3O2S. The second-order valence-corrected chi connectivity index (χ2v) is 6.39. The van der Waals surface area contributed by atoms with Crippen LogP contribution in [0.5, 0.6) is 0 Å². The van der Waals surface area contributed by atoms with Crippen LogP contribution in [-0.2, 0) is 4.79 Å². The molecule has 0 spiro atoms. The summed E-state index contributed by atoms with van der Waals surface area (Å²) in [6.45, 7) is 0. The van der Waals surface area contributed by atoms with Gasteiger partial charge in [-0.1, -0.05) is 40.9 Å². The van der Waals surface area contributed by atoms with Gasteiger partial charge in [0.05, 0.1) is 10.0 Å². The number of rotatable bonds is 4. The Labute approximate surface area is 135 Å². The zero-order valence-corrected chi connectivity index (χ0v) is 13.1. The summed E-state index contributed by atoms with van der Waals surface area (Å²) in [4.78, 5) is 12.3. The number of halogens is 3. The Balaban J connectivity index is 2.29. The zero-order chi connectivity index (χ0) is 14.7. The molecule has 0 aromatic heterocycles. The summed E-state index contributed by atoms with van der Waals surface area (Å²) in [6, 6.07) is 11.8. The lowest BCUT2D eigenvalue weighted by atomic mass is 10.1. The Bertz CT molecular complexity index is 629. The van der Waals surface area contributed by atoms with E-state index in [2.05, 4.69) is 0 Å². The van der Waals surface area contributed by atoms with Crippen molar-refractivity contribution in [2.75, 3.05) is 0 Å². The van der Waals surface area contributed by atoms with E-state index in [-0.39, 0.29) is 0 Å². The van der Waals surface area contributed by atoms with E-state index in [1.165, 1.54) is 11.8 Å². The van der Waals surface area contributed by atoms with Crippen LogP contribution >= 0.6 is 46.6 Å². The number of carbonyl (C=O) groups is 1. The predicted molar refractivity (Wildman–Crippen MR) is 84.1 cm³/mol. The molecule has 0 saturated carbocycles. The minimum Gasteiger partial charge on any atom is -0.480 e. The molecule has 104 valence electrons. The van der Waals surface area contributed by atoms with Gasteiger partial charge in [0.1, 0.15) is 5.25 Å². The monoisotopic (exact) mass is 346 g/mol. The van der Waals surface area contributed by atoms with Gasteiger partial charge in [0, 0.05) is 9.92 Å². The van der Waals surface area contributed by atoms with E-state index >= 15 is 0 Å². The molecule has 0 bridgehead atoms. The molecule has 0 saturated heterocycles. The van der Waals surface area contributed by atoms with Crippen molar-refractivity contribution in [1.29, 1.82) is 0 Å². The van der Waals surface area contributed by atoms with Gasteiger partial charge in [0.15, 0.2) is 0 Å². The van der Waals surface area contributed by atoms with Gasteiger partial charge in [0.2, 0.25) is 0 Å². The quantitative estimate of drug-likeness (QED) is 0.735. The second-order valence-electron chi connectivity index (χ2n) is 3.96. The molecule has 2 nitrogen and oxygen atoms in total. The normalized spacial score (nSPS) is 12.2. The summed E-state index contributed by atoms with van der Waals surface area (Å²) >= 11 is 18.8. The van der Waals surface area contributed by atoms with Crippen LogP contribution in [0.15, 0.2) is 47.4 Å². The Morgan fingerprint density at radius 3 is 2.20 bits per heavy atom. The maximum Gasteiger partial charge on any atom is 0.321 e. The second kappa shape index (κ2) is 6.72. The highest BCUT2D eigenvalue weighted by atomic mass is 35.5.